The minimum absolute atomic E-state index is 0.0195. The predicted molar refractivity (Wildman–Crippen MR) is 75.1 cm³/mol. The maximum atomic E-state index is 11.5. The third-order valence-corrected chi connectivity index (χ3v) is 2.89. The molecule has 0 aromatic carbocycles. The molecule has 6 nitrogen and oxygen atoms in total. The van der Waals surface area contributed by atoms with Gasteiger partial charge in [0.05, 0.1) is 11.5 Å². The quantitative estimate of drug-likeness (QED) is 0.553. The first kappa shape index (κ1) is 14.5. The van der Waals surface area contributed by atoms with Crippen molar-refractivity contribution in [1.82, 2.24) is 10.3 Å². The highest BCUT2D eigenvalue weighted by molar-refractivity contribution is 9.10. The summed E-state index contributed by atoms with van der Waals surface area (Å²) in [6.07, 6.45) is 1.54. The van der Waals surface area contributed by atoms with Crippen molar-refractivity contribution in [1.29, 1.82) is 0 Å². The number of hydrogen-bond acceptors (Lipinski definition) is 4. The van der Waals surface area contributed by atoms with Crippen molar-refractivity contribution >= 4 is 50.8 Å². The number of carbonyl (C=O) groups is 2. The Kier molecular flexibility index (Phi) is 5.17. The fourth-order valence-corrected chi connectivity index (χ4v) is 1.32. The minimum Gasteiger partial charge on any atom is -0.392 e. The molecule has 96 valence electrons. The molecule has 1 aromatic heterocycles. The number of rotatable bonds is 3. The van der Waals surface area contributed by atoms with E-state index in [1.165, 1.54) is 6.20 Å². The highest BCUT2D eigenvalue weighted by Gasteiger charge is 2.14. The van der Waals surface area contributed by atoms with Crippen LogP contribution < -0.4 is 16.4 Å². The van der Waals surface area contributed by atoms with Gasteiger partial charge >= 0.3 is 11.8 Å². The molecule has 0 saturated carbocycles. The van der Waals surface area contributed by atoms with E-state index < -0.39 is 11.8 Å². The average molecular weight is 331 g/mol. The monoisotopic (exact) mass is 330 g/mol. The summed E-state index contributed by atoms with van der Waals surface area (Å²) in [4.78, 5) is 26.8. The predicted octanol–water partition coefficient (Wildman–Crippen LogP) is 0.493. The molecule has 18 heavy (non-hydrogen) atoms. The van der Waals surface area contributed by atoms with Gasteiger partial charge in [-0.2, -0.15) is 0 Å². The number of nitrogens with one attached hydrogen (secondary N) is 2. The highest BCUT2D eigenvalue weighted by Crippen LogP contribution is 2.16. The van der Waals surface area contributed by atoms with Crippen LogP contribution in [0, 0.1) is 6.92 Å². The van der Waals surface area contributed by atoms with Gasteiger partial charge in [0.1, 0.15) is 5.82 Å². The number of nitrogens with zero attached hydrogens (tertiary/aromatic N) is 1. The summed E-state index contributed by atoms with van der Waals surface area (Å²) in [5, 5.41) is 4.64. The number of pyridine rings is 1. The normalized spacial score (nSPS) is 9.67. The van der Waals surface area contributed by atoms with E-state index in [9.17, 15) is 9.59 Å². The Bertz CT molecular complexity index is 507. The lowest BCUT2D eigenvalue weighted by molar-refractivity contribution is -0.136. The number of amides is 2. The molecule has 0 spiro atoms. The third-order valence-electron chi connectivity index (χ3n) is 1.92. The van der Waals surface area contributed by atoms with Crippen molar-refractivity contribution in [2.45, 2.75) is 6.92 Å². The van der Waals surface area contributed by atoms with Crippen LogP contribution in [0.2, 0.25) is 0 Å². The van der Waals surface area contributed by atoms with Crippen LogP contribution in [0.1, 0.15) is 5.56 Å². The number of aromatic nitrogens is 1. The second-order valence-corrected chi connectivity index (χ2v) is 4.80. The first-order chi connectivity index (χ1) is 8.40. The Labute approximate surface area is 117 Å². The molecule has 0 aliphatic rings. The van der Waals surface area contributed by atoms with E-state index in [-0.39, 0.29) is 11.5 Å². The van der Waals surface area contributed by atoms with Crippen molar-refractivity contribution in [3.8, 4) is 0 Å². The lowest BCUT2D eigenvalue weighted by Crippen LogP contribution is -2.39. The van der Waals surface area contributed by atoms with E-state index in [0.29, 0.717) is 5.82 Å². The van der Waals surface area contributed by atoms with Crippen molar-refractivity contribution in [2.75, 3.05) is 11.9 Å². The first-order valence-corrected chi connectivity index (χ1v) is 6.10. The molecule has 4 N–H and O–H groups in total. The summed E-state index contributed by atoms with van der Waals surface area (Å²) in [6, 6.07) is 1.64. The standard InChI is InChI=1S/C10H11BrN4O2S/c1-5-2-8(13-3-6(5)11)15-10(17)9(16)14-4-7(12)18/h2-3H,4H2,1H3,(H2,12,18)(H,14,16)(H,13,15,17). The van der Waals surface area contributed by atoms with E-state index in [1.807, 2.05) is 6.92 Å². The third kappa shape index (κ3) is 4.38. The molecule has 1 rings (SSSR count). The average Bonchev–Trinajstić information content (AvgIpc) is 2.30. The molecular formula is C10H11BrN4O2S. The molecule has 0 fully saturated rings. The number of nitrogens with two attached hydrogens (primary N) is 1. The number of anilines is 1. The van der Waals surface area contributed by atoms with E-state index in [2.05, 4.69) is 43.8 Å². The van der Waals surface area contributed by atoms with E-state index in [4.69, 9.17) is 5.73 Å². The molecule has 0 aliphatic heterocycles. The topological polar surface area (TPSA) is 97.1 Å². The van der Waals surface area contributed by atoms with Gasteiger partial charge in [-0.05, 0) is 34.5 Å². The first-order valence-electron chi connectivity index (χ1n) is 4.89. The van der Waals surface area contributed by atoms with Crippen LogP contribution in [0.3, 0.4) is 0 Å². The van der Waals surface area contributed by atoms with Crippen molar-refractivity contribution in [2.24, 2.45) is 5.73 Å². The van der Waals surface area contributed by atoms with E-state index >= 15 is 0 Å². The number of hydrogen-bond donors (Lipinski definition) is 3. The lowest BCUT2D eigenvalue weighted by Gasteiger charge is -2.06. The number of carbonyl (C=O) groups excluding carboxylic acids is 2. The second kappa shape index (κ2) is 6.41. The van der Waals surface area contributed by atoms with Crippen LogP contribution in [0.5, 0.6) is 0 Å². The molecule has 1 aromatic rings. The zero-order valence-electron chi connectivity index (χ0n) is 9.49. The fraction of sp³-hybridized carbons (Fsp3) is 0.200. The second-order valence-electron chi connectivity index (χ2n) is 3.42. The zero-order chi connectivity index (χ0) is 13.7. The zero-order valence-corrected chi connectivity index (χ0v) is 11.9. The molecule has 0 atom stereocenters. The van der Waals surface area contributed by atoms with Crippen LogP contribution >= 0.6 is 28.1 Å². The summed E-state index contributed by atoms with van der Waals surface area (Å²) in [5.41, 5.74) is 6.09. The fourth-order valence-electron chi connectivity index (χ4n) is 1.03. The van der Waals surface area contributed by atoms with Gasteiger partial charge in [-0.25, -0.2) is 4.98 Å². The number of halogens is 1. The van der Waals surface area contributed by atoms with Crippen molar-refractivity contribution < 1.29 is 9.59 Å². The van der Waals surface area contributed by atoms with Crippen LogP contribution in [0.25, 0.3) is 0 Å². The molecule has 1 heterocycles. The van der Waals surface area contributed by atoms with Crippen LogP contribution in [-0.4, -0.2) is 28.3 Å². The van der Waals surface area contributed by atoms with Crippen molar-refractivity contribution in [3.05, 3.63) is 22.3 Å². The van der Waals surface area contributed by atoms with Crippen LogP contribution in [0.15, 0.2) is 16.7 Å². The number of thiocarbonyl (C=S) groups is 1. The van der Waals surface area contributed by atoms with E-state index in [0.717, 1.165) is 10.0 Å². The Hall–Kier alpha value is -1.54. The number of aryl methyl sites for hydroxylation is 1. The molecule has 2 amide bonds. The van der Waals surface area contributed by atoms with Gasteiger partial charge in [0, 0.05) is 10.7 Å². The minimum atomic E-state index is -0.819. The van der Waals surface area contributed by atoms with Gasteiger partial charge in [-0.1, -0.05) is 12.2 Å². The van der Waals surface area contributed by atoms with Gasteiger partial charge in [0.25, 0.3) is 0 Å². The Balaban J connectivity index is 2.61. The summed E-state index contributed by atoms with van der Waals surface area (Å²) in [6.45, 7) is 1.82. The van der Waals surface area contributed by atoms with Crippen LogP contribution in [-0.2, 0) is 9.59 Å². The molecule has 0 radical (unpaired) electrons. The molecule has 0 aliphatic carbocycles. The summed E-state index contributed by atoms with van der Waals surface area (Å²) < 4.78 is 0.818. The van der Waals surface area contributed by atoms with Gasteiger partial charge in [0.2, 0.25) is 0 Å². The summed E-state index contributed by atoms with van der Waals surface area (Å²) in [7, 11) is 0. The van der Waals surface area contributed by atoms with Gasteiger partial charge in [0.15, 0.2) is 0 Å². The molecule has 0 unspecified atom stereocenters. The van der Waals surface area contributed by atoms with Crippen LogP contribution in [0.4, 0.5) is 5.82 Å². The molecule has 0 saturated heterocycles. The Morgan fingerprint density at radius 2 is 2.17 bits per heavy atom. The van der Waals surface area contributed by atoms with Gasteiger partial charge in [-0.3, -0.25) is 9.59 Å². The SMILES string of the molecule is Cc1cc(NC(=O)C(=O)NCC(N)=S)ncc1Br. The highest BCUT2D eigenvalue weighted by atomic mass is 79.9. The Morgan fingerprint density at radius 3 is 2.72 bits per heavy atom. The maximum absolute atomic E-state index is 11.5. The van der Waals surface area contributed by atoms with E-state index in [1.54, 1.807) is 6.07 Å². The van der Waals surface area contributed by atoms with Gasteiger partial charge < -0.3 is 16.4 Å². The molecule has 0 bridgehead atoms. The van der Waals surface area contributed by atoms with Crippen molar-refractivity contribution in [3.63, 3.8) is 0 Å². The summed E-state index contributed by atoms with van der Waals surface area (Å²) >= 11 is 7.86. The summed E-state index contributed by atoms with van der Waals surface area (Å²) in [5.74, 6) is -1.34. The van der Waals surface area contributed by atoms with Gasteiger partial charge in [-0.15, -0.1) is 0 Å². The molecular weight excluding hydrogens is 320 g/mol. The smallest absolute Gasteiger partial charge is 0.314 e. The Morgan fingerprint density at radius 1 is 1.50 bits per heavy atom. The maximum Gasteiger partial charge on any atom is 0.314 e. The molecule has 8 heteroatoms. The largest absolute Gasteiger partial charge is 0.392 e. The lowest BCUT2D eigenvalue weighted by atomic mass is 10.3.